The standard InChI is InChI=1S/C13H20O.C2H6/c1-9-6-10(2)12(13(3,4)5)7-11(9)8-14;1-2/h6-7,14H,8H2,1-5H3;1-2H3. The first-order valence-electron chi connectivity index (χ1n) is 6.07. The van der Waals surface area contributed by atoms with Gasteiger partial charge in [0.25, 0.3) is 0 Å². The van der Waals surface area contributed by atoms with Gasteiger partial charge in [0.05, 0.1) is 6.61 Å². The minimum Gasteiger partial charge on any atom is -0.392 e. The van der Waals surface area contributed by atoms with Crippen LogP contribution in [0.1, 0.15) is 56.9 Å². The molecule has 0 fully saturated rings. The number of aliphatic hydroxyl groups is 1. The molecule has 0 aliphatic rings. The van der Waals surface area contributed by atoms with Crippen molar-refractivity contribution >= 4 is 0 Å². The summed E-state index contributed by atoms with van der Waals surface area (Å²) in [6, 6.07) is 4.29. The minimum atomic E-state index is 0.134. The lowest BCUT2D eigenvalue weighted by Gasteiger charge is -2.23. The van der Waals surface area contributed by atoms with Crippen molar-refractivity contribution in [2.75, 3.05) is 0 Å². The van der Waals surface area contributed by atoms with Crippen LogP contribution in [0.15, 0.2) is 12.1 Å². The summed E-state index contributed by atoms with van der Waals surface area (Å²) in [6.07, 6.45) is 0. The van der Waals surface area contributed by atoms with Crippen molar-refractivity contribution in [3.63, 3.8) is 0 Å². The van der Waals surface area contributed by atoms with Gasteiger partial charge in [-0.1, -0.05) is 46.8 Å². The minimum absolute atomic E-state index is 0.134. The van der Waals surface area contributed by atoms with Gasteiger partial charge in [0.1, 0.15) is 0 Å². The molecule has 1 rings (SSSR count). The van der Waals surface area contributed by atoms with Crippen LogP contribution in [0.3, 0.4) is 0 Å². The fourth-order valence-corrected chi connectivity index (χ4v) is 1.88. The van der Waals surface area contributed by atoms with E-state index < -0.39 is 0 Å². The summed E-state index contributed by atoms with van der Waals surface area (Å²) in [5.74, 6) is 0. The van der Waals surface area contributed by atoms with Gasteiger partial charge < -0.3 is 5.11 Å². The van der Waals surface area contributed by atoms with E-state index in [9.17, 15) is 5.11 Å². The van der Waals surface area contributed by atoms with Crippen LogP contribution in [0.5, 0.6) is 0 Å². The van der Waals surface area contributed by atoms with Crippen LogP contribution in [-0.4, -0.2) is 5.11 Å². The van der Waals surface area contributed by atoms with E-state index in [4.69, 9.17) is 0 Å². The van der Waals surface area contributed by atoms with E-state index in [1.807, 2.05) is 20.8 Å². The monoisotopic (exact) mass is 222 g/mol. The second kappa shape index (κ2) is 6.05. The highest BCUT2D eigenvalue weighted by Crippen LogP contribution is 2.28. The average Bonchev–Trinajstić information content (AvgIpc) is 2.19. The molecule has 1 heteroatoms. The number of hydrogen-bond donors (Lipinski definition) is 1. The Morgan fingerprint density at radius 2 is 1.50 bits per heavy atom. The summed E-state index contributed by atoms with van der Waals surface area (Å²) >= 11 is 0. The third kappa shape index (κ3) is 3.64. The Morgan fingerprint density at radius 3 is 1.88 bits per heavy atom. The summed E-state index contributed by atoms with van der Waals surface area (Å²) in [7, 11) is 0. The highest BCUT2D eigenvalue weighted by molar-refractivity contribution is 5.40. The first kappa shape index (κ1) is 15.2. The van der Waals surface area contributed by atoms with E-state index in [0.29, 0.717) is 0 Å². The van der Waals surface area contributed by atoms with Crippen molar-refractivity contribution in [1.82, 2.24) is 0 Å². The largest absolute Gasteiger partial charge is 0.392 e. The van der Waals surface area contributed by atoms with Gasteiger partial charge in [-0.15, -0.1) is 0 Å². The van der Waals surface area contributed by atoms with Gasteiger partial charge in [0, 0.05) is 0 Å². The maximum Gasteiger partial charge on any atom is 0.0684 e. The molecule has 0 saturated carbocycles. The quantitative estimate of drug-likeness (QED) is 0.758. The summed E-state index contributed by atoms with van der Waals surface area (Å²) in [4.78, 5) is 0. The predicted octanol–water partition coefficient (Wildman–Crippen LogP) is 4.12. The van der Waals surface area contributed by atoms with Crippen LogP contribution in [0, 0.1) is 13.8 Å². The molecule has 0 saturated heterocycles. The molecular weight excluding hydrogens is 196 g/mol. The second-order valence-corrected chi connectivity index (χ2v) is 5.00. The molecule has 16 heavy (non-hydrogen) atoms. The van der Waals surface area contributed by atoms with Crippen molar-refractivity contribution in [2.45, 2.75) is 60.5 Å². The molecule has 1 aromatic carbocycles. The van der Waals surface area contributed by atoms with E-state index in [2.05, 4.69) is 39.8 Å². The Balaban J connectivity index is 0.00000106. The second-order valence-electron chi connectivity index (χ2n) is 5.00. The molecule has 0 aliphatic heterocycles. The Morgan fingerprint density at radius 1 is 1.00 bits per heavy atom. The predicted molar refractivity (Wildman–Crippen MR) is 71.9 cm³/mol. The molecule has 0 amide bonds. The summed E-state index contributed by atoms with van der Waals surface area (Å²) in [5.41, 5.74) is 5.01. The third-order valence-corrected chi connectivity index (χ3v) is 2.66. The number of aryl methyl sites for hydroxylation is 2. The van der Waals surface area contributed by atoms with E-state index in [0.717, 1.165) is 5.56 Å². The van der Waals surface area contributed by atoms with Crippen LogP contribution in [0.2, 0.25) is 0 Å². The number of hydrogen-bond acceptors (Lipinski definition) is 1. The molecule has 0 spiro atoms. The van der Waals surface area contributed by atoms with Gasteiger partial charge in [-0.3, -0.25) is 0 Å². The number of rotatable bonds is 1. The SMILES string of the molecule is CC.Cc1cc(C)c(C(C)(C)C)cc1CO. The van der Waals surface area contributed by atoms with E-state index in [1.165, 1.54) is 16.7 Å². The normalized spacial score (nSPS) is 10.8. The molecular formula is C15H26O. The van der Waals surface area contributed by atoms with E-state index in [1.54, 1.807) is 0 Å². The lowest BCUT2D eigenvalue weighted by molar-refractivity contribution is 0.280. The highest BCUT2D eigenvalue weighted by atomic mass is 16.3. The molecule has 0 bridgehead atoms. The summed E-state index contributed by atoms with van der Waals surface area (Å²) < 4.78 is 0. The van der Waals surface area contributed by atoms with Gasteiger partial charge >= 0.3 is 0 Å². The van der Waals surface area contributed by atoms with Crippen LogP contribution >= 0.6 is 0 Å². The lowest BCUT2D eigenvalue weighted by Crippen LogP contribution is -2.14. The molecule has 92 valence electrons. The van der Waals surface area contributed by atoms with E-state index in [-0.39, 0.29) is 12.0 Å². The topological polar surface area (TPSA) is 20.2 Å². The lowest BCUT2D eigenvalue weighted by atomic mass is 9.82. The fraction of sp³-hybridized carbons (Fsp3) is 0.600. The number of aliphatic hydroxyl groups excluding tert-OH is 1. The fourth-order valence-electron chi connectivity index (χ4n) is 1.88. The van der Waals surface area contributed by atoms with Gasteiger partial charge in [-0.2, -0.15) is 0 Å². The zero-order valence-corrected chi connectivity index (χ0v) is 11.8. The highest BCUT2D eigenvalue weighted by Gasteiger charge is 2.17. The van der Waals surface area contributed by atoms with Crippen molar-refractivity contribution in [1.29, 1.82) is 0 Å². The Hall–Kier alpha value is -0.820. The molecule has 0 unspecified atom stereocenters. The molecule has 0 atom stereocenters. The first-order valence-corrected chi connectivity index (χ1v) is 6.07. The molecule has 0 radical (unpaired) electrons. The van der Waals surface area contributed by atoms with Crippen molar-refractivity contribution in [2.24, 2.45) is 0 Å². The zero-order chi connectivity index (χ0) is 12.9. The zero-order valence-electron chi connectivity index (χ0n) is 11.8. The molecule has 1 N–H and O–H groups in total. The summed E-state index contributed by atoms with van der Waals surface area (Å²) in [5, 5.41) is 9.20. The molecule has 0 heterocycles. The Kier molecular flexibility index (Phi) is 5.74. The maximum absolute atomic E-state index is 9.20. The first-order chi connectivity index (χ1) is 7.36. The van der Waals surface area contributed by atoms with Crippen LogP contribution in [0.4, 0.5) is 0 Å². The molecule has 0 aliphatic carbocycles. The van der Waals surface area contributed by atoms with Gasteiger partial charge in [-0.05, 0) is 41.5 Å². The Bertz CT molecular complexity index is 332. The summed E-state index contributed by atoms with van der Waals surface area (Å²) in [6.45, 7) is 14.9. The van der Waals surface area contributed by atoms with Gasteiger partial charge in [-0.25, -0.2) is 0 Å². The van der Waals surface area contributed by atoms with Crippen LogP contribution in [0.25, 0.3) is 0 Å². The molecule has 1 nitrogen and oxygen atoms in total. The van der Waals surface area contributed by atoms with Crippen molar-refractivity contribution in [3.05, 3.63) is 34.4 Å². The van der Waals surface area contributed by atoms with Crippen molar-refractivity contribution in [3.8, 4) is 0 Å². The average molecular weight is 222 g/mol. The van der Waals surface area contributed by atoms with Crippen LogP contribution in [-0.2, 0) is 12.0 Å². The third-order valence-electron chi connectivity index (χ3n) is 2.66. The smallest absolute Gasteiger partial charge is 0.0684 e. The Labute approximate surface area is 101 Å². The number of benzene rings is 1. The van der Waals surface area contributed by atoms with Gasteiger partial charge in [0.15, 0.2) is 0 Å². The molecule has 1 aromatic rings. The molecule has 0 aromatic heterocycles. The maximum atomic E-state index is 9.20. The van der Waals surface area contributed by atoms with E-state index >= 15 is 0 Å². The van der Waals surface area contributed by atoms with Crippen LogP contribution < -0.4 is 0 Å². The van der Waals surface area contributed by atoms with Gasteiger partial charge in [0.2, 0.25) is 0 Å². The van der Waals surface area contributed by atoms with Crippen molar-refractivity contribution < 1.29 is 5.11 Å².